The number of benzene rings is 1. The number of nitrogens with one attached hydrogen (secondary N) is 1. The van der Waals surface area contributed by atoms with Crippen LogP contribution in [0.25, 0.3) is 10.9 Å². The van der Waals surface area contributed by atoms with Gasteiger partial charge >= 0.3 is 0 Å². The first-order valence-corrected chi connectivity index (χ1v) is 13.1. The van der Waals surface area contributed by atoms with E-state index < -0.39 is 6.10 Å². The number of allylic oxidation sites excluding steroid dienone is 3. The Kier molecular flexibility index (Phi) is 8.04. The molecule has 0 saturated heterocycles. The monoisotopic (exact) mass is 488 g/mol. The number of aliphatic hydroxyl groups excluding tert-OH is 1. The van der Waals surface area contributed by atoms with E-state index in [4.69, 9.17) is 14.2 Å². The summed E-state index contributed by atoms with van der Waals surface area (Å²) >= 11 is 0. The van der Waals surface area contributed by atoms with E-state index in [2.05, 4.69) is 28.5 Å². The van der Waals surface area contributed by atoms with Crippen molar-refractivity contribution in [2.75, 3.05) is 7.11 Å². The second-order valence-corrected chi connectivity index (χ2v) is 10.0. The van der Waals surface area contributed by atoms with Crippen molar-refractivity contribution < 1.29 is 19.3 Å². The van der Waals surface area contributed by atoms with Crippen LogP contribution in [0.3, 0.4) is 0 Å². The third kappa shape index (κ3) is 6.00. The summed E-state index contributed by atoms with van der Waals surface area (Å²) in [5, 5.41) is 16.0. The molecule has 0 bridgehead atoms. The molecule has 5 rings (SSSR count). The zero-order valence-corrected chi connectivity index (χ0v) is 20.9. The Bertz CT molecular complexity index is 1160. The maximum absolute atomic E-state index is 11.2. The largest absolute Gasteiger partial charge is 0.497 e. The van der Waals surface area contributed by atoms with Crippen molar-refractivity contribution in [3.05, 3.63) is 84.4 Å². The quantitative estimate of drug-likeness (QED) is 0.437. The second-order valence-electron chi connectivity index (χ2n) is 10.0. The summed E-state index contributed by atoms with van der Waals surface area (Å²) in [7, 11) is 1.66. The number of nitrogens with zero attached hydrogens (tertiary/aromatic N) is 1. The first-order chi connectivity index (χ1) is 17.7. The minimum Gasteiger partial charge on any atom is -0.497 e. The van der Waals surface area contributed by atoms with Crippen molar-refractivity contribution >= 4 is 10.9 Å². The van der Waals surface area contributed by atoms with Gasteiger partial charge in [0.15, 0.2) is 5.76 Å². The van der Waals surface area contributed by atoms with Gasteiger partial charge < -0.3 is 24.6 Å². The lowest BCUT2D eigenvalue weighted by molar-refractivity contribution is 0.125. The van der Waals surface area contributed by atoms with E-state index in [1.165, 1.54) is 5.57 Å². The van der Waals surface area contributed by atoms with Crippen LogP contribution in [0.15, 0.2) is 78.8 Å². The standard InChI is InChI=1S/C30H36N2O4/c1-34-24-11-12-27-26(19-24)25(13-14-31-27)29(33)18-22-7-9-23(10-8-22)32-28(30-20-35-15-16-36-30)17-21-5-3-2-4-6-21/h2-3,5,11-16,19-20,22-23,28-29,32-33H,4,6-10,17-18H2,1H3. The Hall–Kier alpha value is -3.09. The number of hydrogen-bond donors (Lipinski definition) is 2. The fourth-order valence-corrected chi connectivity index (χ4v) is 5.62. The van der Waals surface area contributed by atoms with E-state index in [0.717, 1.165) is 79.3 Å². The summed E-state index contributed by atoms with van der Waals surface area (Å²) in [4.78, 5) is 4.45. The Labute approximate surface area is 213 Å². The van der Waals surface area contributed by atoms with E-state index in [1.807, 2.05) is 24.3 Å². The molecular weight excluding hydrogens is 452 g/mol. The molecule has 2 aliphatic carbocycles. The molecule has 1 aromatic heterocycles. The molecule has 1 saturated carbocycles. The molecular formula is C30H36N2O4. The van der Waals surface area contributed by atoms with Crippen molar-refractivity contribution in [2.24, 2.45) is 5.92 Å². The third-order valence-corrected chi connectivity index (χ3v) is 7.61. The fraction of sp³-hybridized carbons (Fsp3) is 0.433. The lowest BCUT2D eigenvalue weighted by atomic mass is 9.81. The van der Waals surface area contributed by atoms with Crippen LogP contribution in [0.1, 0.15) is 63.0 Å². The van der Waals surface area contributed by atoms with Crippen molar-refractivity contribution in [1.82, 2.24) is 10.3 Å². The molecule has 2 aromatic rings. The number of ether oxygens (including phenoxy) is 3. The molecule has 2 unspecified atom stereocenters. The van der Waals surface area contributed by atoms with E-state index in [9.17, 15) is 5.11 Å². The Morgan fingerprint density at radius 1 is 1.17 bits per heavy atom. The normalized spacial score (nSPS) is 23.3. The molecule has 6 nitrogen and oxygen atoms in total. The third-order valence-electron chi connectivity index (χ3n) is 7.61. The molecule has 2 N–H and O–H groups in total. The van der Waals surface area contributed by atoms with Crippen molar-refractivity contribution in [1.29, 1.82) is 0 Å². The van der Waals surface area contributed by atoms with Gasteiger partial charge in [0, 0.05) is 17.6 Å². The predicted molar refractivity (Wildman–Crippen MR) is 141 cm³/mol. The molecule has 2 heterocycles. The van der Waals surface area contributed by atoms with Gasteiger partial charge in [0.25, 0.3) is 0 Å². The maximum Gasteiger partial charge on any atom is 0.155 e. The molecule has 36 heavy (non-hydrogen) atoms. The Morgan fingerprint density at radius 2 is 2.06 bits per heavy atom. The van der Waals surface area contributed by atoms with Gasteiger partial charge in [-0.05, 0) is 87.1 Å². The number of methoxy groups -OCH3 is 1. The maximum atomic E-state index is 11.2. The van der Waals surface area contributed by atoms with Gasteiger partial charge in [0.1, 0.15) is 24.5 Å². The highest BCUT2D eigenvalue weighted by Crippen LogP contribution is 2.35. The van der Waals surface area contributed by atoms with Gasteiger partial charge in [-0.15, -0.1) is 0 Å². The molecule has 1 aromatic carbocycles. The molecule has 190 valence electrons. The van der Waals surface area contributed by atoms with Crippen LogP contribution in [-0.2, 0) is 9.47 Å². The van der Waals surface area contributed by atoms with Crippen LogP contribution in [0.2, 0.25) is 0 Å². The molecule has 1 fully saturated rings. The van der Waals surface area contributed by atoms with Gasteiger partial charge in [-0.2, -0.15) is 0 Å². The van der Waals surface area contributed by atoms with Gasteiger partial charge in [0.05, 0.1) is 24.8 Å². The molecule has 2 atom stereocenters. The van der Waals surface area contributed by atoms with Crippen LogP contribution >= 0.6 is 0 Å². The summed E-state index contributed by atoms with van der Waals surface area (Å²) in [5.74, 6) is 2.11. The van der Waals surface area contributed by atoms with Gasteiger partial charge in [0.2, 0.25) is 0 Å². The van der Waals surface area contributed by atoms with E-state index in [-0.39, 0.29) is 6.04 Å². The number of fused-ring (bicyclic) bond motifs is 1. The predicted octanol–water partition coefficient (Wildman–Crippen LogP) is 6.21. The molecule has 1 aliphatic heterocycles. The first kappa shape index (κ1) is 24.6. The van der Waals surface area contributed by atoms with E-state index in [0.29, 0.717) is 12.0 Å². The van der Waals surface area contributed by atoms with Crippen LogP contribution in [0, 0.1) is 5.92 Å². The highest BCUT2D eigenvalue weighted by molar-refractivity contribution is 5.83. The Morgan fingerprint density at radius 3 is 2.81 bits per heavy atom. The smallest absolute Gasteiger partial charge is 0.155 e. The van der Waals surface area contributed by atoms with Gasteiger partial charge in [-0.25, -0.2) is 0 Å². The van der Waals surface area contributed by atoms with Crippen LogP contribution in [0.5, 0.6) is 5.75 Å². The highest BCUT2D eigenvalue weighted by atomic mass is 16.5. The minimum absolute atomic E-state index is 0.0954. The fourth-order valence-electron chi connectivity index (χ4n) is 5.62. The van der Waals surface area contributed by atoms with Gasteiger partial charge in [-0.1, -0.05) is 23.8 Å². The zero-order chi connectivity index (χ0) is 24.7. The van der Waals surface area contributed by atoms with Crippen molar-refractivity contribution in [2.45, 2.75) is 69.6 Å². The van der Waals surface area contributed by atoms with Crippen molar-refractivity contribution in [3.63, 3.8) is 0 Å². The summed E-state index contributed by atoms with van der Waals surface area (Å²) < 4.78 is 16.6. The summed E-state index contributed by atoms with van der Waals surface area (Å²) in [6.45, 7) is 0. The Balaban J connectivity index is 1.19. The zero-order valence-electron chi connectivity index (χ0n) is 20.9. The lowest BCUT2D eigenvalue weighted by Crippen LogP contribution is -2.42. The second kappa shape index (κ2) is 11.8. The molecule has 0 amide bonds. The van der Waals surface area contributed by atoms with Crippen LogP contribution in [-0.4, -0.2) is 29.3 Å². The number of rotatable bonds is 9. The lowest BCUT2D eigenvalue weighted by Gasteiger charge is -2.34. The SMILES string of the molecule is COc1ccc2nccc(C(O)CC3CCC(NC(CC4=CC=CCC4)C4=COC=CO4)CC3)c2c1. The molecule has 6 heteroatoms. The topological polar surface area (TPSA) is 72.8 Å². The minimum atomic E-state index is -0.513. The van der Waals surface area contributed by atoms with Crippen LogP contribution in [0.4, 0.5) is 0 Å². The van der Waals surface area contributed by atoms with E-state index in [1.54, 1.807) is 32.1 Å². The average molecular weight is 489 g/mol. The molecule has 0 spiro atoms. The summed E-state index contributed by atoms with van der Waals surface area (Å²) in [5.41, 5.74) is 3.25. The summed E-state index contributed by atoms with van der Waals surface area (Å²) in [6, 6.07) is 8.28. The number of aliphatic hydroxyl groups is 1. The van der Waals surface area contributed by atoms with Crippen molar-refractivity contribution in [3.8, 4) is 5.75 Å². The van der Waals surface area contributed by atoms with Crippen LogP contribution < -0.4 is 10.1 Å². The van der Waals surface area contributed by atoms with Gasteiger partial charge in [-0.3, -0.25) is 4.98 Å². The molecule has 0 radical (unpaired) electrons. The number of hydrogen-bond acceptors (Lipinski definition) is 6. The average Bonchev–Trinajstić information content (AvgIpc) is 2.94. The number of pyridine rings is 1. The first-order valence-electron chi connectivity index (χ1n) is 13.1. The molecule has 3 aliphatic rings. The summed E-state index contributed by atoms with van der Waals surface area (Å²) in [6.07, 6.45) is 21.0. The highest BCUT2D eigenvalue weighted by Gasteiger charge is 2.28. The number of aromatic nitrogens is 1. The van der Waals surface area contributed by atoms with E-state index >= 15 is 0 Å².